The monoisotopic (exact) mass is 407 g/mol. The summed E-state index contributed by atoms with van der Waals surface area (Å²) in [6.45, 7) is 4.04. The van der Waals surface area contributed by atoms with Crippen LogP contribution < -0.4 is 10.2 Å². The summed E-state index contributed by atoms with van der Waals surface area (Å²) in [6, 6.07) is 22.6. The highest BCUT2D eigenvalue weighted by molar-refractivity contribution is 7.10. The van der Waals surface area contributed by atoms with E-state index < -0.39 is 0 Å². The maximum atomic E-state index is 12.9. The third-order valence-electron chi connectivity index (χ3n) is 4.94. The van der Waals surface area contributed by atoms with Crippen LogP contribution in [0.15, 0.2) is 72.1 Å². The molecule has 1 N–H and O–H groups in total. The molecule has 1 amide bonds. The predicted molar refractivity (Wildman–Crippen MR) is 122 cm³/mol. The van der Waals surface area contributed by atoms with E-state index in [1.54, 1.807) is 11.3 Å². The van der Waals surface area contributed by atoms with Crippen LogP contribution >= 0.6 is 11.3 Å². The van der Waals surface area contributed by atoms with Gasteiger partial charge in [-0.3, -0.25) is 9.69 Å². The number of rotatable bonds is 9. The number of carbonyl (C=O) groups is 1. The van der Waals surface area contributed by atoms with Crippen molar-refractivity contribution >= 4 is 22.9 Å². The van der Waals surface area contributed by atoms with Crippen LogP contribution in [0.5, 0.6) is 0 Å². The average molecular weight is 408 g/mol. The smallest absolute Gasteiger partial charge is 0.234 e. The second-order valence-electron chi connectivity index (χ2n) is 7.29. The SMILES string of the molecule is CCN(CC(=O)N[C@H](c1ccccc1)c1cccs1)Cc1ccc(N(C)C)cc1. The van der Waals surface area contributed by atoms with Crippen LogP contribution in [0.3, 0.4) is 0 Å². The van der Waals surface area contributed by atoms with Gasteiger partial charge in [-0.05, 0) is 41.3 Å². The van der Waals surface area contributed by atoms with Crippen molar-refractivity contribution in [2.24, 2.45) is 0 Å². The summed E-state index contributed by atoms with van der Waals surface area (Å²) in [5, 5.41) is 5.28. The number of hydrogen-bond donors (Lipinski definition) is 1. The Morgan fingerprint density at radius 2 is 1.72 bits per heavy atom. The van der Waals surface area contributed by atoms with E-state index in [0.717, 1.165) is 23.5 Å². The zero-order valence-corrected chi connectivity index (χ0v) is 18.2. The minimum absolute atomic E-state index is 0.0408. The van der Waals surface area contributed by atoms with Gasteiger partial charge in [-0.25, -0.2) is 0 Å². The van der Waals surface area contributed by atoms with E-state index in [4.69, 9.17) is 0 Å². The molecule has 29 heavy (non-hydrogen) atoms. The average Bonchev–Trinajstić information content (AvgIpc) is 3.27. The molecule has 1 heterocycles. The van der Waals surface area contributed by atoms with Gasteiger partial charge in [-0.15, -0.1) is 11.3 Å². The molecule has 0 saturated carbocycles. The Labute approximate surface area is 177 Å². The molecule has 2 aromatic carbocycles. The fourth-order valence-corrected chi connectivity index (χ4v) is 4.07. The third kappa shape index (κ3) is 5.92. The number of likely N-dealkylation sites (N-methyl/N-ethyl adjacent to an activating group) is 1. The number of carbonyl (C=O) groups excluding carboxylic acids is 1. The van der Waals surface area contributed by atoms with Gasteiger partial charge in [0.2, 0.25) is 5.91 Å². The van der Waals surface area contributed by atoms with Gasteiger partial charge in [-0.1, -0.05) is 55.5 Å². The maximum Gasteiger partial charge on any atom is 0.234 e. The third-order valence-corrected chi connectivity index (χ3v) is 5.88. The van der Waals surface area contributed by atoms with Gasteiger partial charge in [0.25, 0.3) is 0 Å². The van der Waals surface area contributed by atoms with Crippen molar-refractivity contribution in [1.82, 2.24) is 10.2 Å². The molecule has 0 spiro atoms. The van der Waals surface area contributed by atoms with E-state index in [9.17, 15) is 4.79 Å². The summed E-state index contributed by atoms with van der Waals surface area (Å²) in [5.74, 6) is 0.0408. The highest BCUT2D eigenvalue weighted by atomic mass is 32.1. The lowest BCUT2D eigenvalue weighted by molar-refractivity contribution is -0.122. The lowest BCUT2D eigenvalue weighted by Crippen LogP contribution is -2.38. The van der Waals surface area contributed by atoms with Crippen LogP contribution in [-0.4, -0.2) is 38.0 Å². The van der Waals surface area contributed by atoms with Crippen molar-refractivity contribution in [3.8, 4) is 0 Å². The molecule has 0 radical (unpaired) electrons. The molecule has 0 aliphatic rings. The van der Waals surface area contributed by atoms with Crippen LogP contribution in [0.1, 0.15) is 29.0 Å². The second-order valence-corrected chi connectivity index (χ2v) is 8.27. The molecule has 0 saturated heterocycles. The minimum atomic E-state index is -0.109. The number of amides is 1. The van der Waals surface area contributed by atoms with Gasteiger partial charge in [0.1, 0.15) is 0 Å². The van der Waals surface area contributed by atoms with E-state index in [1.807, 2.05) is 43.7 Å². The normalized spacial score (nSPS) is 12.0. The molecule has 4 nitrogen and oxygen atoms in total. The first-order valence-corrected chi connectivity index (χ1v) is 10.8. The summed E-state index contributed by atoms with van der Waals surface area (Å²) in [7, 11) is 4.07. The second kappa shape index (κ2) is 10.2. The largest absolute Gasteiger partial charge is 0.378 e. The lowest BCUT2D eigenvalue weighted by Gasteiger charge is -2.23. The molecular formula is C24H29N3OS. The topological polar surface area (TPSA) is 35.6 Å². The fourth-order valence-electron chi connectivity index (χ4n) is 3.27. The van der Waals surface area contributed by atoms with Gasteiger partial charge >= 0.3 is 0 Å². The molecule has 1 aromatic heterocycles. The first-order valence-electron chi connectivity index (χ1n) is 9.93. The van der Waals surface area contributed by atoms with Gasteiger partial charge < -0.3 is 10.2 Å². The molecule has 0 unspecified atom stereocenters. The summed E-state index contributed by atoms with van der Waals surface area (Å²) in [6.07, 6.45) is 0. The molecule has 0 aliphatic carbocycles. The molecule has 152 valence electrons. The van der Waals surface area contributed by atoms with Crippen LogP contribution in [0.25, 0.3) is 0 Å². The molecule has 0 bridgehead atoms. The Bertz CT molecular complexity index is 876. The molecule has 0 fully saturated rings. The first kappa shape index (κ1) is 21.1. The Kier molecular flexibility index (Phi) is 7.44. The minimum Gasteiger partial charge on any atom is -0.378 e. The van der Waals surface area contributed by atoms with Crippen molar-refractivity contribution < 1.29 is 4.79 Å². The molecule has 3 rings (SSSR count). The van der Waals surface area contributed by atoms with E-state index in [0.29, 0.717) is 6.54 Å². The zero-order chi connectivity index (χ0) is 20.6. The van der Waals surface area contributed by atoms with E-state index in [1.165, 1.54) is 11.3 Å². The summed E-state index contributed by atoms with van der Waals surface area (Å²) in [5.41, 5.74) is 3.49. The quantitative estimate of drug-likeness (QED) is 0.566. The highest BCUT2D eigenvalue weighted by Gasteiger charge is 2.19. The van der Waals surface area contributed by atoms with Crippen molar-refractivity contribution in [2.75, 3.05) is 32.1 Å². The van der Waals surface area contributed by atoms with Gasteiger partial charge in [0.15, 0.2) is 0 Å². The Balaban J connectivity index is 1.65. The van der Waals surface area contributed by atoms with Crippen molar-refractivity contribution in [1.29, 1.82) is 0 Å². The number of hydrogen-bond acceptors (Lipinski definition) is 4. The number of nitrogens with one attached hydrogen (secondary N) is 1. The number of nitrogens with zero attached hydrogens (tertiary/aromatic N) is 2. The van der Waals surface area contributed by atoms with E-state index in [2.05, 4.69) is 64.5 Å². The van der Waals surface area contributed by atoms with Crippen LogP contribution in [0, 0.1) is 0 Å². The van der Waals surface area contributed by atoms with Crippen molar-refractivity contribution in [3.63, 3.8) is 0 Å². The summed E-state index contributed by atoms with van der Waals surface area (Å²) in [4.78, 5) is 18.3. The molecular weight excluding hydrogens is 378 g/mol. The van der Waals surface area contributed by atoms with Crippen molar-refractivity contribution in [2.45, 2.75) is 19.5 Å². The molecule has 5 heteroatoms. The predicted octanol–water partition coefficient (Wildman–Crippen LogP) is 4.54. The van der Waals surface area contributed by atoms with Gasteiger partial charge in [0, 0.05) is 31.2 Å². The van der Waals surface area contributed by atoms with Crippen LogP contribution in [-0.2, 0) is 11.3 Å². The van der Waals surface area contributed by atoms with E-state index in [-0.39, 0.29) is 11.9 Å². The number of benzene rings is 2. The lowest BCUT2D eigenvalue weighted by atomic mass is 10.1. The Morgan fingerprint density at radius 3 is 2.31 bits per heavy atom. The Morgan fingerprint density at radius 1 is 1.00 bits per heavy atom. The molecule has 1 atom stereocenters. The van der Waals surface area contributed by atoms with Crippen molar-refractivity contribution in [3.05, 3.63) is 88.1 Å². The summed E-state index contributed by atoms with van der Waals surface area (Å²) < 4.78 is 0. The first-order chi connectivity index (χ1) is 14.1. The maximum absolute atomic E-state index is 12.9. The number of anilines is 1. The standard InChI is InChI=1S/C24H29N3OS/c1-4-27(17-19-12-14-21(15-13-19)26(2)3)18-23(28)25-24(22-11-8-16-29-22)20-9-6-5-7-10-20/h5-16,24H,4,17-18H2,1-3H3,(H,25,28)/t24-/m1/s1. The van der Waals surface area contributed by atoms with Crippen LogP contribution in [0.4, 0.5) is 5.69 Å². The van der Waals surface area contributed by atoms with Gasteiger partial charge in [0.05, 0.1) is 12.6 Å². The highest BCUT2D eigenvalue weighted by Crippen LogP contribution is 2.26. The zero-order valence-electron chi connectivity index (χ0n) is 17.3. The fraction of sp³-hybridized carbons (Fsp3) is 0.292. The molecule has 3 aromatic rings. The number of thiophene rings is 1. The van der Waals surface area contributed by atoms with E-state index >= 15 is 0 Å². The molecule has 0 aliphatic heterocycles. The Hall–Kier alpha value is -2.63. The summed E-state index contributed by atoms with van der Waals surface area (Å²) >= 11 is 1.67. The van der Waals surface area contributed by atoms with Crippen LogP contribution in [0.2, 0.25) is 0 Å². The van der Waals surface area contributed by atoms with Gasteiger partial charge in [-0.2, -0.15) is 0 Å².